The number of halogens is 11. The van der Waals surface area contributed by atoms with Gasteiger partial charge in [-0.3, -0.25) is 4.79 Å². The van der Waals surface area contributed by atoms with Crippen molar-refractivity contribution >= 4 is 36.7 Å². The van der Waals surface area contributed by atoms with Crippen LogP contribution in [0.25, 0.3) is 35.2 Å². The fourth-order valence-electron chi connectivity index (χ4n) is 4.48. The van der Waals surface area contributed by atoms with Crippen LogP contribution < -0.4 is 5.32 Å². The number of rotatable bonds is 6. The number of carbonyl (C=O) groups is 2. The van der Waals surface area contributed by atoms with Crippen molar-refractivity contribution in [2.24, 2.45) is 0 Å². The maximum atomic E-state index is 12.9. The maximum absolute atomic E-state index is 12.9. The molecule has 0 saturated carbocycles. The summed E-state index contributed by atoms with van der Waals surface area (Å²) in [5.74, 6) is -6.89. The van der Waals surface area contributed by atoms with E-state index in [9.17, 15) is 53.5 Å². The molecule has 2 aromatic carbocycles. The fraction of sp³-hybridized carbons (Fsp3) is 0.333. The molecular weight excluding hydrogens is 782 g/mol. The summed E-state index contributed by atoms with van der Waals surface area (Å²) in [6.45, 7) is 1.53. The lowest BCUT2D eigenvalue weighted by molar-refractivity contribution is -0.160. The number of nitrogens with zero attached hydrogens (tertiary/aromatic N) is 7. The highest BCUT2D eigenvalue weighted by atomic mass is 35.5. The van der Waals surface area contributed by atoms with Crippen LogP contribution in [0.1, 0.15) is 29.7 Å². The van der Waals surface area contributed by atoms with E-state index in [1.807, 2.05) is 0 Å². The van der Waals surface area contributed by atoms with Crippen molar-refractivity contribution < 1.29 is 58.6 Å². The highest BCUT2D eigenvalue weighted by molar-refractivity contribution is 5.90. The molecule has 0 radical (unpaired) electrons. The van der Waals surface area contributed by atoms with Crippen molar-refractivity contribution in [1.29, 1.82) is 0 Å². The van der Waals surface area contributed by atoms with Gasteiger partial charge in [0.25, 0.3) is 11.8 Å². The van der Waals surface area contributed by atoms with Crippen LogP contribution in [0.5, 0.6) is 0 Å². The molecule has 0 bridgehead atoms. The van der Waals surface area contributed by atoms with Gasteiger partial charge in [-0.25, -0.2) is 41.7 Å². The lowest BCUT2D eigenvalue weighted by Gasteiger charge is -2.37. The number of amides is 1. The zero-order valence-electron chi connectivity index (χ0n) is 27.8. The number of nitrogens with one attached hydrogen (secondary N) is 1. The van der Waals surface area contributed by atoms with E-state index < -0.39 is 60.3 Å². The minimum absolute atomic E-state index is 0. The van der Waals surface area contributed by atoms with E-state index in [4.69, 9.17) is 5.11 Å². The number of aryl methyl sites for hydroxylation is 2. The molecule has 2 aliphatic heterocycles. The summed E-state index contributed by atoms with van der Waals surface area (Å²) in [5.41, 5.74) is -0.376. The van der Waals surface area contributed by atoms with Gasteiger partial charge in [-0.05, 0) is 61.4 Å². The van der Waals surface area contributed by atoms with Gasteiger partial charge in [0.1, 0.15) is 12.7 Å². The molecule has 2 fully saturated rings. The molecule has 0 unspecified atom stereocenters. The Balaban J connectivity index is 0.000000324. The normalized spacial score (nSPS) is 15.7. The van der Waals surface area contributed by atoms with Gasteiger partial charge in [0.2, 0.25) is 5.91 Å². The van der Waals surface area contributed by atoms with Crippen LogP contribution in [-0.2, 0) is 21.9 Å². The van der Waals surface area contributed by atoms with Gasteiger partial charge in [0, 0.05) is 35.7 Å². The second-order valence-corrected chi connectivity index (χ2v) is 11.7. The molecule has 6 rings (SSSR count). The summed E-state index contributed by atoms with van der Waals surface area (Å²) in [6, 6.07) is 6.96. The van der Waals surface area contributed by atoms with Crippen molar-refractivity contribution in [3.8, 4) is 22.8 Å². The molecule has 2 saturated heterocycles. The molecule has 2 aliphatic rings. The number of likely N-dealkylation sites (tertiary alicyclic amines) is 1. The SMILES string of the molecule is C.Cc1cc(-c2ncn(/C=C\C(=O)N3CC(F)(F)C3)n2)cc(C(F)(F)F)c1.Cc1cc(-c2ncn(/C=C\C(=O)O)n2)cc(C(F)(F)F)c1.Cl.FC1(F)CNC1. The predicted molar refractivity (Wildman–Crippen MR) is 182 cm³/mol. The molecular formula is C33H33ClF10N8O3. The second-order valence-electron chi connectivity index (χ2n) is 11.7. The van der Waals surface area contributed by atoms with Crippen molar-refractivity contribution in [2.75, 3.05) is 26.2 Å². The Labute approximate surface area is 312 Å². The van der Waals surface area contributed by atoms with Crippen molar-refractivity contribution in [3.63, 3.8) is 0 Å². The Morgan fingerprint density at radius 1 is 0.727 bits per heavy atom. The van der Waals surface area contributed by atoms with Gasteiger partial charge >= 0.3 is 18.3 Å². The standard InChI is InChI=1S/C16H13F5N4O.C13H10F3N3O2.C3H5F2N.CH4.ClH/c1-10-4-11(6-12(5-10)16(19,20)21)14-22-9-25(23-14)3-2-13(26)24-7-15(17,18)8-24;1-8-4-9(6-10(5-8)13(14,15)16)12-17-7-19(18-12)3-2-11(20)21;4-3(5)1-6-2-3;;/h2-6,9H,7-8H2,1H3;2-7H,1H3,(H,20,21);6H,1-2H2;1H4;1H/b2*3-2-;;;. The minimum atomic E-state index is -4.49. The van der Waals surface area contributed by atoms with E-state index in [0.717, 1.165) is 56.9 Å². The maximum Gasteiger partial charge on any atom is 0.416 e. The molecule has 1 amide bonds. The van der Waals surface area contributed by atoms with E-state index in [0.29, 0.717) is 11.1 Å². The van der Waals surface area contributed by atoms with Crippen molar-refractivity contribution in [2.45, 2.75) is 45.5 Å². The molecule has 2 N–H and O–H groups in total. The number of hydrogen-bond acceptors (Lipinski definition) is 7. The topological polar surface area (TPSA) is 131 Å². The number of carbonyl (C=O) groups excluding carboxylic acids is 1. The number of benzene rings is 2. The number of carboxylic acid groups (broad SMARTS) is 1. The van der Waals surface area contributed by atoms with E-state index >= 15 is 0 Å². The average molecular weight is 815 g/mol. The molecule has 0 atom stereocenters. The van der Waals surface area contributed by atoms with Crippen LogP contribution in [0.2, 0.25) is 0 Å². The molecule has 0 aliphatic carbocycles. The van der Waals surface area contributed by atoms with Crippen LogP contribution >= 0.6 is 12.4 Å². The quantitative estimate of drug-likeness (QED) is 0.153. The fourth-order valence-corrected chi connectivity index (χ4v) is 4.48. The monoisotopic (exact) mass is 814 g/mol. The predicted octanol–water partition coefficient (Wildman–Crippen LogP) is 7.33. The molecule has 2 aromatic heterocycles. The van der Waals surface area contributed by atoms with Crippen molar-refractivity contribution in [1.82, 2.24) is 39.7 Å². The Kier molecular flexibility index (Phi) is 14.9. The van der Waals surface area contributed by atoms with Crippen LogP contribution in [0.4, 0.5) is 43.9 Å². The largest absolute Gasteiger partial charge is 0.478 e. The lowest BCUT2D eigenvalue weighted by atomic mass is 10.1. The van der Waals surface area contributed by atoms with Crippen molar-refractivity contribution in [3.05, 3.63) is 83.5 Å². The van der Waals surface area contributed by atoms with E-state index in [1.54, 1.807) is 6.92 Å². The Bertz CT molecular complexity index is 1990. The zero-order valence-corrected chi connectivity index (χ0v) is 28.7. The Hall–Kier alpha value is -5.31. The highest BCUT2D eigenvalue weighted by Gasteiger charge is 2.45. The molecule has 0 spiro atoms. The molecule has 300 valence electrons. The first-order chi connectivity index (χ1) is 24.5. The first kappa shape index (κ1) is 45.8. The second kappa shape index (κ2) is 17.9. The van der Waals surface area contributed by atoms with Gasteiger partial charge < -0.3 is 15.3 Å². The number of alkyl halides is 10. The van der Waals surface area contributed by atoms with Gasteiger partial charge in [0.15, 0.2) is 11.6 Å². The summed E-state index contributed by atoms with van der Waals surface area (Å²) >= 11 is 0. The Morgan fingerprint density at radius 3 is 1.45 bits per heavy atom. The molecule has 11 nitrogen and oxygen atoms in total. The minimum Gasteiger partial charge on any atom is -0.478 e. The van der Waals surface area contributed by atoms with E-state index in [-0.39, 0.29) is 55.7 Å². The summed E-state index contributed by atoms with van der Waals surface area (Å²) < 4.78 is 128. The van der Waals surface area contributed by atoms with Crippen LogP contribution in [0.3, 0.4) is 0 Å². The van der Waals surface area contributed by atoms with E-state index in [1.165, 1.54) is 37.9 Å². The first-order valence-corrected chi connectivity index (χ1v) is 15.1. The Morgan fingerprint density at radius 2 is 1.13 bits per heavy atom. The summed E-state index contributed by atoms with van der Waals surface area (Å²) in [5, 5.41) is 18.8. The summed E-state index contributed by atoms with van der Waals surface area (Å²) in [6.07, 6.45) is -2.29. The molecule has 4 heterocycles. The molecule has 22 heteroatoms. The number of aliphatic carboxylic acids is 1. The van der Waals surface area contributed by atoms with Gasteiger partial charge in [-0.15, -0.1) is 22.6 Å². The third-order valence-electron chi connectivity index (χ3n) is 7.01. The van der Waals surface area contributed by atoms with Crippen LogP contribution in [-0.4, -0.2) is 89.4 Å². The van der Waals surface area contributed by atoms with Crippen LogP contribution in [0.15, 0.2) is 61.2 Å². The number of aromatic nitrogens is 6. The smallest absolute Gasteiger partial charge is 0.416 e. The number of carboxylic acids is 1. The third kappa shape index (κ3) is 13.5. The van der Waals surface area contributed by atoms with Gasteiger partial charge in [-0.1, -0.05) is 7.43 Å². The van der Waals surface area contributed by atoms with Gasteiger partial charge in [0.05, 0.1) is 37.3 Å². The van der Waals surface area contributed by atoms with E-state index in [2.05, 4.69) is 25.5 Å². The number of hydrogen-bond donors (Lipinski definition) is 2. The third-order valence-corrected chi connectivity index (χ3v) is 7.01. The molecule has 4 aromatic rings. The summed E-state index contributed by atoms with van der Waals surface area (Å²) in [4.78, 5) is 30.8. The highest BCUT2D eigenvalue weighted by Crippen LogP contribution is 2.34. The van der Waals surface area contributed by atoms with Gasteiger partial charge in [-0.2, -0.15) is 26.3 Å². The average Bonchev–Trinajstić information content (AvgIpc) is 3.70. The summed E-state index contributed by atoms with van der Waals surface area (Å²) in [7, 11) is 0. The first-order valence-electron chi connectivity index (χ1n) is 15.1. The molecule has 55 heavy (non-hydrogen) atoms. The lowest BCUT2D eigenvalue weighted by Crippen LogP contribution is -2.58. The zero-order chi connectivity index (χ0) is 39.4. The van der Waals surface area contributed by atoms with Crippen LogP contribution in [0, 0.1) is 13.8 Å².